The number of hydrogen-bond acceptors (Lipinski definition) is 6. The van der Waals surface area contributed by atoms with E-state index in [0.29, 0.717) is 28.9 Å². The van der Waals surface area contributed by atoms with Crippen molar-refractivity contribution >= 4 is 28.4 Å². The molecule has 1 saturated carbocycles. The van der Waals surface area contributed by atoms with E-state index in [9.17, 15) is 19.5 Å². The fourth-order valence-corrected chi connectivity index (χ4v) is 3.47. The van der Waals surface area contributed by atoms with Crippen molar-refractivity contribution < 1.29 is 19.4 Å². The molecule has 0 bridgehead atoms. The second-order valence-corrected chi connectivity index (χ2v) is 6.71. The molecule has 0 saturated heterocycles. The second-order valence-electron chi connectivity index (χ2n) is 6.71. The van der Waals surface area contributed by atoms with Gasteiger partial charge in [0, 0.05) is 18.5 Å². The molecule has 0 atom stereocenters. The highest BCUT2D eigenvalue weighted by molar-refractivity contribution is 6.25. The van der Waals surface area contributed by atoms with Crippen LogP contribution in [0.15, 0.2) is 58.9 Å². The predicted octanol–water partition coefficient (Wildman–Crippen LogP) is 2.99. The van der Waals surface area contributed by atoms with Gasteiger partial charge in [0.1, 0.15) is 11.3 Å². The Bertz CT molecular complexity index is 1200. The van der Waals surface area contributed by atoms with E-state index in [1.165, 1.54) is 4.57 Å². The summed E-state index contributed by atoms with van der Waals surface area (Å²) >= 11 is 0. The first kappa shape index (κ1) is 18.6. The monoisotopic (exact) mass is 390 g/mol. The van der Waals surface area contributed by atoms with Crippen LogP contribution in [0.4, 0.5) is 0 Å². The fraction of sp³-hybridized carbons (Fsp3) is 0.182. The molecule has 1 heterocycles. The molecule has 29 heavy (non-hydrogen) atoms. The molecule has 1 aliphatic carbocycles. The summed E-state index contributed by atoms with van der Waals surface area (Å²) < 4.78 is 6.56. The second kappa shape index (κ2) is 7.35. The van der Waals surface area contributed by atoms with Crippen molar-refractivity contribution in [3.05, 3.63) is 70.2 Å². The van der Waals surface area contributed by atoms with Crippen molar-refractivity contribution in [2.75, 3.05) is 7.11 Å². The number of para-hydroxylation sites is 2. The summed E-state index contributed by atoms with van der Waals surface area (Å²) in [5.74, 6) is -0.963. The van der Waals surface area contributed by atoms with E-state index in [-0.39, 0.29) is 24.1 Å². The average molecular weight is 390 g/mol. The minimum Gasteiger partial charge on any atom is -0.505 e. The van der Waals surface area contributed by atoms with E-state index in [2.05, 4.69) is 4.98 Å². The van der Waals surface area contributed by atoms with Crippen molar-refractivity contribution in [3.63, 3.8) is 0 Å². The molecule has 0 radical (unpaired) electrons. The van der Waals surface area contributed by atoms with Gasteiger partial charge < -0.3 is 9.84 Å². The first-order valence-electron chi connectivity index (χ1n) is 9.17. The molecule has 0 unspecified atom stereocenters. The van der Waals surface area contributed by atoms with Crippen molar-refractivity contribution in [3.8, 4) is 11.4 Å². The molecule has 146 valence electrons. The van der Waals surface area contributed by atoms with Crippen LogP contribution in [-0.2, 0) is 9.59 Å². The van der Waals surface area contributed by atoms with Crippen molar-refractivity contribution in [2.24, 2.45) is 0 Å². The van der Waals surface area contributed by atoms with E-state index in [4.69, 9.17) is 4.74 Å². The SMILES string of the molecule is COc1ccc(-n2c(=O)c(C(O)=C3C(=O)CCCC3=O)nc3ccccc32)cc1. The van der Waals surface area contributed by atoms with Gasteiger partial charge in [0.2, 0.25) is 0 Å². The van der Waals surface area contributed by atoms with Crippen LogP contribution >= 0.6 is 0 Å². The summed E-state index contributed by atoms with van der Waals surface area (Å²) in [6.07, 6.45) is 0.756. The van der Waals surface area contributed by atoms with Gasteiger partial charge in [0.15, 0.2) is 23.0 Å². The van der Waals surface area contributed by atoms with Gasteiger partial charge in [0.25, 0.3) is 5.56 Å². The van der Waals surface area contributed by atoms with Crippen LogP contribution in [0.1, 0.15) is 25.0 Å². The van der Waals surface area contributed by atoms with E-state index in [1.54, 1.807) is 55.6 Å². The maximum Gasteiger partial charge on any atom is 0.285 e. The lowest BCUT2D eigenvalue weighted by Gasteiger charge is -2.15. The number of Topliss-reactive ketones (excluding diaryl/α,β-unsaturated/α-hetero) is 2. The Hall–Kier alpha value is -3.74. The lowest BCUT2D eigenvalue weighted by molar-refractivity contribution is -0.123. The highest BCUT2D eigenvalue weighted by atomic mass is 16.5. The molecule has 4 rings (SSSR count). The van der Waals surface area contributed by atoms with Crippen LogP contribution in [0.3, 0.4) is 0 Å². The summed E-state index contributed by atoms with van der Waals surface area (Å²) in [5, 5.41) is 10.7. The number of nitrogens with zero attached hydrogens (tertiary/aromatic N) is 2. The molecule has 0 aliphatic heterocycles. The number of carbonyl (C=O) groups is 2. The van der Waals surface area contributed by atoms with Gasteiger partial charge in [0.05, 0.1) is 18.1 Å². The molecule has 0 spiro atoms. The first-order chi connectivity index (χ1) is 14.0. The molecule has 1 fully saturated rings. The summed E-state index contributed by atoms with van der Waals surface area (Å²) in [6, 6.07) is 13.8. The van der Waals surface area contributed by atoms with Crippen LogP contribution in [-0.4, -0.2) is 33.3 Å². The van der Waals surface area contributed by atoms with Crippen LogP contribution in [0.2, 0.25) is 0 Å². The van der Waals surface area contributed by atoms with Gasteiger partial charge in [-0.3, -0.25) is 19.0 Å². The number of aliphatic hydroxyl groups excluding tert-OH is 1. The lowest BCUT2D eigenvalue weighted by atomic mass is 9.90. The molecule has 7 heteroatoms. The number of ether oxygens (including phenoxy) is 1. The normalized spacial score (nSPS) is 14.3. The van der Waals surface area contributed by atoms with Gasteiger partial charge >= 0.3 is 0 Å². The number of allylic oxidation sites excluding steroid dienone is 1. The third kappa shape index (κ3) is 3.20. The molecule has 1 aliphatic rings. The quantitative estimate of drug-likeness (QED) is 0.419. The lowest BCUT2D eigenvalue weighted by Crippen LogP contribution is -2.27. The molecule has 2 aromatic carbocycles. The number of aromatic nitrogens is 2. The van der Waals surface area contributed by atoms with Gasteiger partial charge in [-0.05, 0) is 42.8 Å². The molecule has 1 N–H and O–H groups in total. The molecule has 7 nitrogen and oxygen atoms in total. The minimum absolute atomic E-state index is 0.158. The number of hydrogen-bond donors (Lipinski definition) is 1. The van der Waals surface area contributed by atoms with E-state index in [1.807, 2.05) is 0 Å². The topological polar surface area (TPSA) is 98.5 Å². The van der Waals surface area contributed by atoms with Crippen LogP contribution < -0.4 is 10.3 Å². The van der Waals surface area contributed by atoms with Crippen molar-refractivity contribution in [1.82, 2.24) is 9.55 Å². The fourth-order valence-electron chi connectivity index (χ4n) is 3.47. The van der Waals surface area contributed by atoms with Gasteiger partial charge in [-0.15, -0.1) is 0 Å². The van der Waals surface area contributed by atoms with Crippen molar-refractivity contribution in [1.29, 1.82) is 0 Å². The van der Waals surface area contributed by atoms with Crippen LogP contribution in [0.5, 0.6) is 5.75 Å². The Balaban J connectivity index is 2.02. The number of aliphatic hydroxyl groups is 1. The summed E-state index contributed by atoms with van der Waals surface area (Å²) in [4.78, 5) is 42.0. The highest BCUT2D eigenvalue weighted by Gasteiger charge is 2.30. The molecule has 1 aromatic heterocycles. The number of carbonyl (C=O) groups excluding carboxylic acids is 2. The summed E-state index contributed by atoms with van der Waals surface area (Å²) in [6.45, 7) is 0. The number of methoxy groups -OCH3 is 1. The smallest absolute Gasteiger partial charge is 0.285 e. The van der Waals surface area contributed by atoms with Gasteiger partial charge in [-0.25, -0.2) is 4.98 Å². The zero-order valence-corrected chi connectivity index (χ0v) is 15.7. The van der Waals surface area contributed by atoms with Crippen LogP contribution in [0.25, 0.3) is 22.5 Å². The third-order valence-corrected chi connectivity index (χ3v) is 4.92. The van der Waals surface area contributed by atoms with E-state index >= 15 is 0 Å². The van der Waals surface area contributed by atoms with E-state index < -0.39 is 22.9 Å². The summed E-state index contributed by atoms with van der Waals surface area (Å²) in [7, 11) is 1.55. The van der Waals surface area contributed by atoms with Crippen LogP contribution in [0, 0.1) is 0 Å². The number of rotatable bonds is 3. The Kier molecular flexibility index (Phi) is 4.72. The molecular weight excluding hydrogens is 372 g/mol. The van der Waals surface area contributed by atoms with Crippen molar-refractivity contribution in [2.45, 2.75) is 19.3 Å². The molecule has 0 amide bonds. The number of ketones is 2. The Labute approximate surface area is 165 Å². The number of fused-ring (bicyclic) bond motifs is 1. The zero-order chi connectivity index (χ0) is 20.5. The highest BCUT2D eigenvalue weighted by Crippen LogP contribution is 2.25. The molecular formula is C22H18N2O5. The maximum absolute atomic E-state index is 13.3. The van der Waals surface area contributed by atoms with Gasteiger partial charge in [-0.2, -0.15) is 0 Å². The first-order valence-corrected chi connectivity index (χ1v) is 9.17. The number of benzene rings is 2. The Morgan fingerprint density at radius 2 is 1.66 bits per heavy atom. The predicted molar refractivity (Wildman–Crippen MR) is 107 cm³/mol. The third-order valence-electron chi connectivity index (χ3n) is 4.92. The Morgan fingerprint density at radius 3 is 2.31 bits per heavy atom. The summed E-state index contributed by atoms with van der Waals surface area (Å²) in [5.41, 5.74) is 0.238. The maximum atomic E-state index is 13.3. The van der Waals surface area contributed by atoms with Gasteiger partial charge in [-0.1, -0.05) is 12.1 Å². The standard InChI is InChI=1S/C22H18N2O5/c1-29-14-11-9-13(10-12-14)24-16-6-3-2-5-15(16)23-20(22(24)28)21(27)19-17(25)7-4-8-18(19)26/h2-3,5-6,9-12,27H,4,7-8H2,1H3. The average Bonchev–Trinajstić information content (AvgIpc) is 2.73. The minimum atomic E-state index is -0.655. The Morgan fingerprint density at radius 1 is 1.00 bits per heavy atom. The molecule has 3 aromatic rings. The zero-order valence-electron chi connectivity index (χ0n) is 15.7. The largest absolute Gasteiger partial charge is 0.505 e. The van der Waals surface area contributed by atoms with E-state index in [0.717, 1.165) is 0 Å².